The van der Waals surface area contributed by atoms with Gasteiger partial charge in [-0.25, -0.2) is 14.8 Å². The Balaban J connectivity index is 1.81. The summed E-state index contributed by atoms with van der Waals surface area (Å²) in [5.41, 5.74) is 0.346. The lowest BCUT2D eigenvalue weighted by atomic mass is 9.96. The van der Waals surface area contributed by atoms with E-state index < -0.39 is 23.3 Å². The molecule has 4 aromatic rings. The molecule has 0 fully saturated rings. The summed E-state index contributed by atoms with van der Waals surface area (Å²) in [6.07, 6.45) is 1.64. The van der Waals surface area contributed by atoms with Crippen molar-refractivity contribution in [2.75, 3.05) is 14.1 Å². The number of alkyl halides is 3. The molecule has 0 radical (unpaired) electrons. The van der Waals surface area contributed by atoms with Crippen molar-refractivity contribution < 1.29 is 23.1 Å². The highest BCUT2D eigenvalue weighted by atomic mass is 32.1. The Morgan fingerprint density at radius 1 is 1.21 bits per heavy atom. The first kappa shape index (κ1) is 23.9. The van der Waals surface area contributed by atoms with Gasteiger partial charge in [-0.1, -0.05) is 13.0 Å². The van der Waals surface area contributed by atoms with Crippen LogP contribution < -0.4 is 0 Å². The van der Waals surface area contributed by atoms with Gasteiger partial charge in [-0.15, -0.1) is 11.3 Å². The van der Waals surface area contributed by atoms with E-state index in [1.54, 1.807) is 12.5 Å². The van der Waals surface area contributed by atoms with Gasteiger partial charge in [-0.3, -0.25) is 0 Å². The lowest BCUT2D eigenvalue weighted by Crippen LogP contribution is -2.36. The Bertz CT molecular complexity index is 1320. The molecule has 10 heteroatoms. The van der Waals surface area contributed by atoms with E-state index in [9.17, 15) is 23.1 Å². The summed E-state index contributed by atoms with van der Waals surface area (Å²) in [6, 6.07) is 8.78. The van der Waals surface area contributed by atoms with Gasteiger partial charge < -0.3 is 14.6 Å². The van der Waals surface area contributed by atoms with E-state index in [4.69, 9.17) is 0 Å². The molecule has 4 rings (SSSR count). The zero-order valence-electron chi connectivity index (χ0n) is 18.7. The Hall–Kier alpha value is -3.24. The van der Waals surface area contributed by atoms with Crippen molar-refractivity contribution >= 4 is 27.5 Å². The van der Waals surface area contributed by atoms with Gasteiger partial charge in [-0.2, -0.15) is 13.2 Å². The van der Waals surface area contributed by atoms with Gasteiger partial charge in [0.15, 0.2) is 0 Å². The SMILES string of the molecule is CCC(C(c1ccc2nc(-c3cc(C(=O)O)cc(C(F)(F)F)c3)sc2c1)n1ccnc1)N(C)C. The summed E-state index contributed by atoms with van der Waals surface area (Å²) in [7, 11) is 4.05. The molecule has 0 saturated heterocycles. The third-order valence-electron chi connectivity index (χ3n) is 5.80. The average molecular weight is 489 g/mol. The van der Waals surface area contributed by atoms with E-state index in [-0.39, 0.29) is 17.6 Å². The normalized spacial score (nSPS) is 14.0. The first-order chi connectivity index (χ1) is 16.1. The van der Waals surface area contributed by atoms with E-state index in [1.165, 1.54) is 17.4 Å². The predicted molar refractivity (Wildman–Crippen MR) is 125 cm³/mol. The molecule has 0 spiro atoms. The minimum Gasteiger partial charge on any atom is -0.478 e. The Labute approximate surface area is 198 Å². The highest BCUT2D eigenvalue weighted by molar-refractivity contribution is 7.21. The maximum absolute atomic E-state index is 13.4. The van der Waals surface area contributed by atoms with Crippen LogP contribution in [0.15, 0.2) is 55.1 Å². The first-order valence-electron chi connectivity index (χ1n) is 10.6. The number of aromatic carboxylic acids is 1. The molecule has 0 bridgehead atoms. The Morgan fingerprint density at radius 2 is 1.97 bits per heavy atom. The molecular weight excluding hydrogens is 465 g/mol. The van der Waals surface area contributed by atoms with Crippen LogP contribution in [0.2, 0.25) is 0 Å². The molecule has 178 valence electrons. The number of carbonyl (C=O) groups is 1. The van der Waals surface area contributed by atoms with Gasteiger partial charge in [0.25, 0.3) is 0 Å². The molecular formula is C24H23F3N4O2S. The van der Waals surface area contributed by atoms with Gasteiger partial charge in [0.05, 0.1) is 33.7 Å². The minimum absolute atomic E-state index is 0.0235. The third kappa shape index (κ3) is 4.69. The topological polar surface area (TPSA) is 71.2 Å². The summed E-state index contributed by atoms with van der Waals surface area (Å²) in [4.78, 5) is 22.3. The molecule has 2 unspecified atom stereocenters. The molecule has 2 aromatic carbocycles. The van der Waals surface area contributed by atoms with E-state index in [0.29, 0.717) is 16.6 Å². The number of hydrogen-bond acceptors (Lipinski definition) is 5. The van der Waals surface area contributed by atoms with Crippen molar-refractivity contribution in [1.29, 1.82) is 0 Å². The highest BCUT2D eigenvalue weighted by Gasteiger charge is 2.32. The number of fused-ring (bicyclic) bond motifs is 1. The number of thiazole rings is 1. The van der Waals surface area contributed by atoms with E-state index in [2.05, 4.69) is 21.8 Å². The van der Waals surface area contributed by atoms with Gasteiger partial charge >= 0.3 is 12.1 Å². The highest BCUT2D eigenvalue weighted by Crippen LogP contribution is 2.37. The number of rotatable bonds is 7. The molecule has 2 atom stereocenters. The van der Waals surface area contributed by atoms with Crippen LogP contribution in [0.4, 0.5) is 13.2 Å². The second kappa shape index (κ2) is 9.19. The second-order valence-electron chi connectivity index (χ2n) is 8.24. The summed E-state index contributed by atoms with van der Waals surface area (Å²) >= 11 is 1.24. The molecule has 6 nitrogen and oxygen atoms in total. The van der Waals surface area contributed by atoms with E-state index in [0.717, 1.165) is 22.8 Å². The number of nitrogens with zero attached hydrogens (tertiary/aromatic N) is 4. The molecule has 0 saturated carbocycles. The zero-order valence-corrected chi connectivity index (χ0v) is 19.6. The number of likely N-dealkylation sites (N-methyl/N-ethyl adjacent to an activating group) is 1. The molecule has 2 aromatic heterocycles. The maximum atomic E-state index is 13.4. The van der Waals surface area contributed by atoms with Gasteiger partial charge in [0.1, 0.15) is 5.01 Å². The number of carboxylic acid groups (broad SMARTS) is 1. The minimum atomic E-state index is -4.66. The lowest BCUT2D eigenvalue weighted by molar-refractivity contribution is -0.137. The Morgan fingerprint density at radius 3 is 2.56 bits per heavy atom. The quantitative estimate of drug-likeness (QED) is 0.356. The smallest absolute Gasteiger partial charge is 0.416 e. The number of carboxylic acids is 1. The van der Waals surface area contributed by atoms with Gasteiger partial charge in [-0.05, 0) is 56.4 Å². The fourth-order valence-electron chi connectivity index (χ4n) is 4.18. The third-order valence-corrected chi connectivity index (χ3v) is 6.87. The molecule has 0 aliphatic carbocycles. The van der Waals surface area contributed by atoms with Crippen molar-refractivity contribution in [3.63, 3.8) is 0 Å². The number of benzene rings is 2. The van der Waals surface area contributed by atoms with Crippen molar-refractivity contribution in [3.8, 4) is 10.6 Å². The maximum Gasteiger partial charge on any atom is 0.416 e. The molecule has 0 aliphatic rings. The largest absolute Gasteiger partial charge is 0.478 e. The molecule has 0 aliphatic heterocycles. The fraction of sp³-hybridized carbons (Fsp3) is 0.292. The summed E-state index contributed by atoms with van der Waals surface area (Å²) < 4.78 is 42.9. The van der Waals surface area contributed by atoms with Gasteiger partial charge in [0, 0.05) is 24.0 Å². The number of aromatic nitrogens is 3. The van der Waals surface area contributed by atoms with Crippen LogP contribution in [0.25, 0.3) is 20.8 Å². The average Bonchev–Trinajstić information content (AvgIpc) is 3.45. The molecule has 0 amide bonds. The van der Waals surface area contributed by atoms with Crippen LogP contribution in [-0.4, -0.2) is 50.6 Å². The van der Waals surface area contributed by atoms with Crippen molar-refractivity contribution in [3.05, 3.63) is 71.8 Å². The first-order valence-corrected chi connectivity index (χ1v) is 11.4. The van der Waals surface area contributed by atoms with E-state index in [1.807, 2.05) is 43.1 Å². The van der Waals surface area contributed by atoms with Crippen molar-refractivity contribution in [2.24, 2.45) is 0 Å². The lowest BCUT2D eigenvalue weighted by Gasteiger charge is -2.33. The number of imidazole rings is 1. The van der Waals surface area contributed by atoms with Crippen molar-refractivity contribution in [1.82, 2.24) is 19.4 Å². The Kier molecular flexibility index (Phi) is 6.46. The number of hydrogen-bond donors (Lipinski definition) is 1. The zero-order chi connectivity index (χ0) is 24.6. The predicted octanol–water partition coefficient (Wildman–Crippen LogP) is 5.81. The summed E-state index contributed by atoms with van der Waals surface area (Å²) in [5, 5.41) is 9.63. The summed E-state index contributed by atoms with van der Waals surface area (Å²) in [5.74, 6) is -1.42. The second-order valence-corrected chi connectivity index (χ2v) is 9.27. The van der Waals surface area contributed by atoms with Crippen LogP contribution in [0.1, 0.15) is 40.9 Å². The monoisotopic (exact) mass is 488 g/mol. The van der Waals surface area contributed by atoms with E-state index >= 15 is 0 Å². The standard InChI is InChI=1S/C24H23F3N4O2S/c1-4-19(30(2)3)21(31-8-7-28-13-31)14-5-6-18-20(12-14)34-22(29-18)15-9-16(23(32)33)11-17(10-15)24(25,26)27/h5-13,19,21H,4H2,1-3H3,(H,32,33). The van der Waals surface area contributed by atoms with Gasteiger partial charge in [0.2, 0.25) is 0 Å². The van der Waals surface area contributed by atoms with Crippen LogP contribution in [0.3, 0.4) is 0 Å². The fourth-order valence-corrected chi connectivity index (χ4v) is 5.19. The van der Waals surface area contributed by atoms with Crippen LogP contribution in [0.5, 0.6) is 0 Å². The van der Waals surface area contributed by atoms with Crippen LogP contribution >= 0.6 is 11.3 Å². The molecule has 1 N–H and O–H groups in total. The summed E-state index contributed by atoms with van der Waals surface area (Å²) in [6.45, 7) is 2.12. The molecule has 2 heterocycles. The molecule has 34 heavy (non-hydrogen) atoms. The van der Waals surface area contributed by atoms with Crippen LogP contribution in [0, 0.1) is 0 Å². The number of halogens is 3. The van der Waals surface area contributed by atoms with Crippen molar-refractivity contribution in [2.45, 2.75) is 31.6 Å². The van der Waals surface area contributed by atoms with Crippen LogP contribution in [-0.2, 0) is 6.18 Å².